The molecule has 0 bridgehead atoms. The predicted molar refractivity (Wildman–Crippen MR) is 115 cm³/mol. The molecule has 0 aliphatic carbocycles. The predicted octanol–water partition coefficient (Wildman–Crippen LogP) is 4.34. The van der Waals surface area contributed by atoms with E-state index in [0.29, 0.717) is 6.54 Å². The number of hydrogen-bond donors (Lipinski definition) is 1. The van der Waals surface area contributed by atoms with E-state index in [0.717, 1.165) is 50.3 Å². The van der Waals surface area contributed by atoms with E-state index >= 15 is 0 Å². The number of aryl methyl sites for hydroxylation is 1. The van der Waals surface area contributed by atoms with Gasteiger partial charge >= 0.3 is 0 Å². The summed E-state index contributed by atoms with van der Waals surface area (Å²) in [6, 6.07) is 12.0. The molecule has 3 rings (SSSR count). The second-order valence-corrected chi connectivity index (χ2v) is 7.41. The van der Waals surface area contributed by atoms with E-state index in [1.165, 1.54) is 0 Å². The van der Waals surface area contributed by atoms with Crippen LogP contribution in [0.2, 0.25) is 0 Å². The Kier molecular flexibility index (Phi) is 5.66. The number of hydrogen-bond acceptors (Lipinski definition) is 4. The molecule has 1 N–H and O–H groups in total. The van der Waals surface area contributed by atoms with Gasteiger partial charge in [0.1, 0.15) is 5.75 Å². The summed E-state index contributed by atoms with van der Waals surface area (Å²) in [5.41, 5.74) is 7.05. The Hall–Kier alpha value is -2.92. The molecule has 28 heavy (non-hydrogen) atoms. The van der Waals surface area contributed by atoms with Crippen LogP contribution in [-0.4, -0.2) is 43.5 Å². The first-order valence-corrected chi connectivity index (χ1v) is 9.30. The third-order valence-corrected chi connectivity index (χ3v) is 4.99. The summed E-state index contributed by atoms with van der Waals surface area (Å²) in [6.07, 6.45) is 0. The van der Waals surface area contributed by atoms with Crippen molar-refractivity contribution in [1.82, 2.24) is 9.88 Å². The van der Waals surface area contributed by atoms with Crippen molar-refractivity contribution in [3.8, 4) is 17.0 Å². The van der Waals surface area contributed by atoms with Crippen molar-refractivity contribution in [2.24, 2.45) is 0 Å². The van der Waals surface area contributed by atoms with Crippen LogP contribution in [0.3, 0.4) is 0 Å². The molecule has 146 valence electrons. The van der Waals surface area contributed by atoms with Crippen LogP contribution >= 0.6 is 0 Å². The first kappa shape index (κ1) is 19.8. The fraction of sp³-hybridized carbons (Fsp3) is 0.304. The summed E-state index contributed by atoms with van der Waals surface area (Å²) in [4.78, 5) is 18.8. The molecule has 0 saturated heterocycles. The van der Waals surface area contributed by atoms with Crippen molar-refractivity contribution >= 4 is 22.5 Å². The third kappa shape index (κ3) is 3.99. The van der Waals surface area contributed by atoms with E-state index in [-0.39, 0.29) is 5.91 Å². The van der Waals surface area contributed by atoms with Gasteiger partial charge < -0.3 is 15.0 Å². The number of anilines is 1. The zero-order valence-electron chi connectivity index (χ0n) is 17.4. The standard InChI is InChI=1S/C23H27N3O2/c1-14-11-20(19-9-10-22(28-6)16(3)15(19)2)25-21-12-17(7-8-18(14)21)24-23(27)13-26(4)5/h7-12H,13H2,1-6H3,(H,24,27). The van der Waals surface area contributed by atoms with Gasteiger partial charge in [0, 0.05) is 16.6 Å². The van der Waals surface area contributed by atoms with Crippen LogP contribution in [0.4, 0.5) is 5.69 Å². The summed E-state index contributed by atoms with van der Waals surface area (Å²) < 4.78 is 5.43. The lowest BCUT2D eigenvalue weighted by molar-refractivity contribution is -0.116. The molecule has 1 aromatic heterocycles. The molecular formula is C23H27N3O2. The molecule has 0 aliphatic heterocycles. The van der Waals surface area contributed by atoms with E-state index in [1.54, 1.807) is 7.11 Å². The van der Waals surface area contributed by atoms with Gasteiger partial charge in [0.25, 0.3) is 0 Å². The molecule has 0 radical (unpaired) electrons. The Labute approximate surface area is 166 Å². The van der Waals surface area contributed by atoms with E-state index in [4.69, 9.17) is 9.72 Å². The summed E-state index contributed by atoms with van der Waals surface area (Å²) in [7, 11) is 5.43. The van der Waals surface area contributed by atoms with E-state index in [1.807, 2.05) is 43.3 Å². The van der Waals surface area contributed by atoms with Crippen molar-refractivity contribution in [1.29, 1.82) is 0 Å². The SMILES string of the molecule is COc1ccc(-c2cc(C)c3ccc(NC(=O)CN(C)C)cc3n2)c(C)c1C. The van der Waals surface area contributed by atoms with Crippen molar-refractivity contribution in [2.75, 3.05) is 33.1 Å². The minimum Gasteiger partial charge on any atom is -0.496 e. The Bertz CT molecular complexity index is 1040. The highest BCUT2D eigenvalue weighted by Crippen LogP contribution is 2.32. The molecule has 0 fully saturated rings. The summed E-state index contributed by atoms with van der Waals surface area (Å²) >= 11 is 0. The van der Waals surface area contributed by atoms with Crippen molar-refractivity contribution in [2.45, 2.75) is 20.8 Å². The highest BCUT2D eigenvalue weighted by atomic mass is 16.5. The van der Waals surface area contributed by atoms with Gasteiger partial charge in [0.15, 0.2) is 0 Å². The number of likely N-dealkylation sites (N-methyl/N-ethyl adjacent to an activating group) is 1. The molecule has 0 atom stereocenters. The van der Waals surface area contributed by atoms with Gasteiger partial charge in [-0.15, -0.1) is 0 Å². The molecular weight excluding hydrogens is 350 g/mol. The fourth-order valence-electron chi connectivity index (χ4n) is 3.40. The van der Waals surface area contributed by atoms with Gasteiger partial charge in [-0.2, -0.15) is 0 Å². The third-order valence-electron chi connectivity index (χ3n) is 4.99. The second kappa shape index (κ2) is 7.98. The molecule has 5 nitrogen and oxygen atoms in total. The number of nitrogens with one attached hydrogen (secondary N) is 1. The quantitative estimate of drug-likeness (QED) is 0.719. The lowest BCUT2D eigenvalue weighted by Gasteiger charge is -2.14. The number of carbonyl (C=O) groups excluding carboxylic acids is 1. The average Bonchev–Trinajstić information content (AvgIpc) is 2.62. The van der Waals surface area contributed by atoms with Gasteiger partial charge in [-0.25, -0.2) is 4.98 Å². The second-order valence-electron chi connectivity index (χ2n) is 7.41. The van der Waals surface area contributed by atoms with Gasteiger partial charge in [-0.3, -0.25) is 4.79 Å². The van der Waals surface area contributed by atoms with Crippen LogP contribution in [0.15, 0.2) is 36.4 Å². The van der Waals surface area contributed by atoms with Gasteiger partial charge in [-0.05, 0) is 81.9 Å². The normalized spacial score (nSPS) is 11.1. The monoisotopic (exact) mass is 377 g/mol. The maximum Gasteiger partial charge on any atom is 0.238 e. The fourth-order valence-corrected chi connectivity index (χ4v) is 3.40. The summed E-state index contributed by atoms with van der Waals surface area (Å²) in [5, 5.41) is 4.02. The summed E-state index contributed by atoms with van der Waals surface area (Å²) in [6.45, 7) is 6.58. The first-order valence-electron chi connectivity index (χ1n) is 9.30. The minimum absolute atomic E-state index is 0.0427. The zero-order valence-corrected chi connectivity index (χ0v) is 17.4. The van der Waals surface area contributed by atoms with Gasteiger partial charge in [0.2, 0.25) is 5.91 Å². The Morgan fingerprint density at radius 3 is 2.50 bits per heavy atom. The van der Waals surface area contributed by atoms with E-state index in [2.05, 4.69) is 38.2 Å². The van der Waals surface area contributed by atoms with Crippen LogP contribution < -0.4 is 10.1 Å². The number of benzene rings is 2. The van der Waals surface area contributed by atoms with Crippen LogP contribution in [-0.2, 0) is 4.79 Å². The Morgan fingerprint density at radius 2 is 1.82 bits per heavy atom. The van der Waals surface area contributed by atoms with Crippen molar-refractivity contribution in [3.63, 3.8) is 0 Å². The molecule has 1 amide bonds. The summed E-state index contributed by atoms with van der Waals surface area (Å²) in [5.74, 6) is 0.837. The Morgan fingerprint density at radius 1 is 1.07 bits per heavy atom. The molecule has 0 aliphatic rings. The van der Waals surface area contributed by atoms with Crippen molar-refractivity contribution < 1.29 is 9.53 Å². The molecule has 1 heterocycles. The minimum atomic E-state index is -0.0427. The highest BCUT2D eigenvalue weighted by Gasteiger charge is 2.12. The molecule has 0 spiro atoms. The number of methoxy groups -OCH3 is 1. The lowest BCUT2D eigenvalue weighted by atomic mass is 9.97. The number of fused-ring (bicyclic) bond motifs is 1. The van der Waals surface area contributed by atoms with E-state index in [9.17, 15) is 4.79 Å². The van der Waals surface area contributed by atoms with Crippen LogP contribution in [0.5, 0.6) is 5.75 Å². The zero-order chi connectivity index (χ0) is 20.4. The first-order chi connectivity index (χ1) is 13.3. The molecule has 3 aromatic rings. The average molecular weight is 377 g/mol. The number of amides is 1. The molecule has 0 saturated carbocycles. The van der Waals surface area contributed by atoms with Crippen molar-refractivity contribution in [3.05, 3.63) is 53.1 Å². The Balaban J connectivity index is 2.04. The number of ether oxygens (including phenoxy) is 1. The number of pyridine rings is 1. The van der Waals surface area contributed by atoms with Crippen LogP contribution in [0, 0.1) is 20.8 Å². The van der Waals surface area contributed by atoms with Gasteiger partial charge in [-0.1, -0.05) is 6.07 Å². The topological polar surface area (TPSA) is 54.5 Å². The van der Waals surface area contributed by atoms with Crippen LogP contribution in [0.25, 0.3) is 22.2 Å². The largest absolute Gasteiger partial charge is 0.496 e. The van der Waals surface area contributed by atoms with E-state index < -0.39 is 0 Å². The highest BCUT2D eigenvalue weighted by molar-refractivity contribution is 5.95. The maximum atomic E-state index is 12.1. The number of rotatable bonds is 5. The number of carbonyl (C=O) groups is 1. The molecule has 2 aromatic carbocycles. The smallest absolute Gasteiger partial charge is 0.238 e. The maximum absolute atomic E-state index is 12.1. The molecule has 0 unspecified atom stereocenters. The number of nitrogens with zero attached hydrogens (tertiary/aromatic N) is 2. The molecule has 5 heteroatoms. The number of aromatic nitrogens is 1. The van der Waals surface area contributed by atoms with Gasteiger partial charge in [0.05, 0.1) is 24.9 Å². The van der Waals surface area contributed by atoms with Crippen LogP contribution in [0.1, 0.15) is 16.7 Å². The lowest BCUT2D eigenvalue weighted by Crippen LogP contribution is -2.27.